The van der Waals surface area contributed by atoms with E-state index in [9.17, 15) is 0 Å². The number of nitrogens with two attached hydrogens (primary N) is 1. The molecule has 0 aliphatic rings. The summed E-state index contributed by atoms with van der Waals surface area (Å²) in [7, 11) is 0. The van der Waals surface area contributed by atoms with Gasteiger partial charge in [0.15, 0.2) is 0 Å². The van der Waals surface area contributed by atoms with Gasteiger partial charge in [0.05, 0.1) is 0 Å². The molecule has 0 unspecified atom stereocenters. The van der Waals surface area contributed by atoms with Crippen molar-refractivity contribution < 1.29 is 0 Å². The lowest BCUT2D eigenvalue weighted by atomic mass is 10.1. The molecule has 0 fully saturated rings. The summed E-state index contributed by atoms with van der Waals surface area (Å²) in [6.07, 6.45) is 1.79. The molecule has 2 aromatic rings. The van der Waals surface area contributed by atoms with Crippen molar-refractivity contribution in [2.24, 2.45) is 5.73 Å². The summed E-state index contributed by atoms with van der Waals surface area (Å²) in [5.41, 5.74) is 6.94. The number of hydrogen-bond acceptors (Lipinski definition) is 3. The van der Waals surface area contributed by atoms with Crippen LogP contribution in [-0.4, -0.2) is 4.98 Å². The lowest BCUT2D eigenvalue weighted by Crippen LogP contribution is -2.04. The highest BCUT2D eigenvalue weighted by Crippen LogP contribution is 2.28. The van der Waals surface area contributed by atoms with Gasteiger partial charge in [-0.2, -0.15) is 0 Å². The second-order valence-electron chi connectivity index (χ2n) is 3.77. The Morgan fingerprint density at radius 3 is 2.59 bits per heavy atom. The number of rotatable bonds is 3. The molecule has 17 heavy (non-hydrogen) atoms. The van der Waals surface area contributed by atoms with Crippen molar-refractivity contribution in [1.82, 2.24) is 4.98 Å². The van der Waals surface area contributed by atoms with Crippen molar-refractivity contribution in [1.29, 1.82) is 0 Å². The molecule has 2 nitrogen and oxygen atoms in total. The van der Waals surface area contributed by atoms with E-state index in [0.717, 1.165) is 20.5 Å². The van der Waals surface area contributed by atoms with Gasteiger partial charge in [0.25, 0.3) is 0 Å². The highest BCUT2D eigenvalue weighted by atomic mass is 35.5. The first kappa shape index (κ1) is 12.4. The Balaban J connectivity index is 2.18. The van der Waals surface area contributed by atoms with E-state index in [1.54, 1.807) is 18.0 Å². The Morgan fingerprint density at radius 1 is 1.24 bits per heavy atom. The van der Waals surface area contributed by atoms with Crippen molar-refractivity contribution in [3.05, 3.63) is 53.2 Å². The molecule has 0 aliphatic carbocycles. The molecule has 1 heterocycles. The number of hydrogen-bond donors (Lipinski definition) is 1. The number of benzene rings is 1. The first-order chi connectivity index (χ1) is 8.15. The normalized spacial score (nSPS) is 12.4. The smallest absolute Gasteiger partial charge is 0.101 e. The molecular formula is C13H13ClN2S. The Kier molecular flexibility index (Phi) is 4.05. The third-order valence-corrected chi connectivity index (χ3v) is 3.51. The molecule has 0 amide bonds. The Labute approximate surface area is 110 Å². The van der Waals surface area contributed by atoms with E-state index in [0.29, 0.717) is 0 Å². The second kappa shape index (κ2) is 5.54. The first-order valence-corrected chi connectivity index (χ1v) is 6.49. The van der Waals surface area contributed by atoms with E-state index in [-0.39, 0.29) is 6.04 Å². The molecule has 1 atom stereocenters. The largest absolute Gasteiger partial charge is 0.324 e. The number of pyridine rings is 1. The van der Waals surface area contributed by atoms with Gasteiger partial charge in [-0.15, -0.1) is 0 Å². The molecular weight excluding hydrogens is 252 g/mol. The molecule has 0 saturated carbocycles. The van der Waals surface area contributed by atoms with Gasteiger partial charge in [0.2, 0.25) is 0 Å². The van der Waals surface area contributed by atoms with E-state index in [1.807, 2.05) is 43.3 Å². The maximum atomic E-state index is 5.84. The van der Waals surface area contributed by atoms with Gasteiger partial charge in [-0.25, -0.2) is 4.98 Å². The fourth-order valence-corrected chi connectivity index (χ4v) is 2.34. The van der Waals surface area contributed by atoms with Crippen LogP contribution in [-0.2, 0) is 0 Å². The number of nitrogens with zero attached hydrogens (tertiary/aromatic N) is 1. The third-order valence-electron chi connectivity index (χ3n) is 2.32. The predicted octanol–water partition coefficient (Wildman–Crippen LogP) is 3.91. The van der Waals surface area contributed by atoms with Gasteiger partial charge in [-0.05, 0) is 48.9 Å². The van der Waals surface area contributed by atoms with Crippen LogP contribution in [0.4, 0.5) is 0 Å². The van der Waals surface area contributed by atoms with Crippen molar-refractivity contribution in [2.45, 2.75) is 22.9 Å². The van der Waals surface area contributed by atoms with Crippen molar-refractivity contribution >= 4 is 23.4 Å². The monoisotopic (exact) mass is 264 g/mol. The van der Waals surface area contributed by atoms with Crippen LogP contribution < -0.4 is 5.73 Å². The van der Waals surface area contributed by atoms with Crippen LogP contribution in [0, 0.1) is 0 Å². The summed E-state index contributed by atoms with van der Waals surface area (Å²) in [5, 5.41) is 1.69. The van der Waals surface area contributed by atoms with Gasteiger partial charge in [-0.1, -0.05) is 23.4 Å². The number of halogens is 1. The molecule has 4 heteroatoms. The fourth-order valence-electron chi connectivity index (χ4n) is 1.39. The fraction of sp³-hybridized carbons (Fsp3) is 0.154. The van der Waals surface area contributed by atoms with Gasteiger partial charge < -0.3 is 5.73 Å². The summed E-state index contributed by atoms with van der Waals surface area (Å²) in [6.45, 7) is 1.96. The molecule has 1 aromatic carbocycles. The maximum Gasteiger partial charge on any atom is 0.101 e. The molecule has 88 valence electrons. The van der Waals surface area contributed by atoms with Crippen LogP contribution in [0.3, 0.4) is 0 Å². The lowest BCUT2D eigenvalue weighted by Gasteiger charge is -2.07. The van der Waals surface area contributed by atoms with Crippen molar-refractivity contribution in [3.63, 3.8) is 0 Å². The van der Waals surface area contributed by atoms with Gasteiger partial charge in [0, 0.05) is 22.2 Å². The SMILES string of the molecule is C[C@@H](N)c1ccnc(Sc2ccc(Cl)cc2)c1. The molecule has 0 saturated heterocycles. The van der Waals surface area contributed by atoms with Crippen LogP contribution >= 0.6 is 23.4 Å². The summed E-state index contributed by atoms with van der Waals surface area (Å²) in [5.74, 6) is 0. The average molecular weight is 265 g/mol. The highest BCUT2D eigenvalue weighted by Gasteiger charge is 2.03. The minimum atomic E-state index is 0.0302. The van der Waals surface area contributed by atoms with E-state index in [1.165, 1.54) is 0 Å². The van der Waals surface area contributed by atoms with Gasteiger partial charge in [-0.3, -0.25) is 0 Å². The first-order valence-electron chi connectivity index (χ1n) is 5.30. The van der Waals surface area contributed by atoms with Crippen LogP contribution in [0.5, 0.6) is 0 Å². The maximum absolute atomic E-state index is 5.84. The van der Waals surface area contributed by atoms with Crippen molar-refractivity contribution in [2.75, 3.05) is 0 Å². The topological polar surface area (TPSA) is 38.9 Å². The molecule has 0 radical (unpaired) electrons. The Bertz CT molecular complexity index is 497. The zero-order valence-corrected chi connectivity index (χ0v) is 11.0. The van der Waals surface area contributed by atoms with E-state index in [4.69, 9.17) is 17.3 Å². The molecule has 0 aliphatic heterocycles. The van der Waals surface area contributed by atoms with Crippen molar-refractivity contribution in [3.8, 4) is 0 Å². The molecule has 0 bridgehead atoms. The second-order valence-corrected chi connectivity index (χ2v) is 5.30. The summed E-state index contributed by atoms with van der Waals surface area (Å²) in [4.78, 5) is 5.43. The Morgan fingerprint density at radius 2 is 1.94 bits per heavy atom. The zero-order valence-electron chi connectivity index (χ0n) is 9.43. The summed E-state index contributed by atoms with van der Waals surface area (Å²) >= 11 is 7.44. The van der Waals surface area contributed by atoms with Gasteiger partial charge >= 0.3 is 0 Å². The van der Waals surface area contributed by atoms with Gasteiger partial charge in [0.1, 0.15) is 5.03 Å². The zero-order chi connectivity index (χ0) is 12.3. The lowest BCUT2D eigenvalue weighted by molar-refractivity contribution is 0.808. The molecule has 2 N–H and O–H groups in total. The molecule has 0 spiro atoms. The molecule has 2 rings (SSSR count). The van der Waals surface area contributed by atoms with Crippen LogP contribution in [0.15, 0.2) is 52.5 Å². The van der Waals surface area contributed by atoms with Crippen LogP contribution in [0.2, 0.25) is 5.02 Å². The summed E-state index contributed by atoms with van der Waals surface area (Å²) < 4.78 is 0. The van der Waals surface area contributed by atoms with E-state index in [2.05, 4.69) is 4.98 Å². The summed E-state index contributed by atoms with van der Waals surface area (Å²) in [6, 6.07) is 11.7. The third kappa shape index (κ3) is 3.46. The Hall–Kier alpha value is -1.03. The highest BCUT2D eigenvalue weighted by molar-refractivity contribution is 7.99. The van der Waals surface area contributed by atoms with E-state index >= 15 is 0 Å². The molecule has 1 aromatic heterocycles. The van der Waals surface area contributed by atoms with E-state index < -0.39 is 0 Å². The standard InChI is InChI=1S/C13H13ClN2S/c1-9(15)10-6-7-16-13(8-10)17-12-4-2-11(14)3-5-12/h2-9H,15H2,1H3/t9-/m1/s1. The van der Waals surface area contributed by atoms with Crippen LogP contribution in [0.25, 0.3) is 0 Å². The quantitative estimate of drug-likeness (QED) is 0.914. The predicted molar refractivity (Wildman–Crippen MR) is 72.4 cm³/mol. The minimum absolute atomic E-state index is 0.0302. The minimum Gasteiger partial charge on any atom is -0.324 e. The average Bonchev–Trinajstić information content (AvgIpc) is 2.32. The number of aromatic nitrogens is 1. The van der Waals surface area contributed by atoms with Crippen LogP contribution in [0.1, 0.15) is 18.5 Å².